The Balaban J connectivity index is 4.24. The van der Waals surface area contributed by atoms with E-state index in [1.54, 1.807) is 0 Å². The van der Waals surface area contributed by atoms with E-state index in [4.69, 9.17) is 14.2 Å². The zero-order chi connectivity index (χ0) is 44.4. The molecule has 0 bridgehead atoms. The van der Waals surface area contributed by atoms with Gasteiger partial charge in [-0.3, -0.25) is 14.4 Å². The van der Waals surface area contributed by atoms with Crippen molar-refractivity contribution >= 4 is 17.9 Å². The van der Waals surface area contributed by atoms with E-state index in [1.807, 2.05) is 0 Å². The number of carbonyl (C=O) groups is 3. The summed E-state index contributed by atoms with van der Waals surface area (Å²) in [6.45, 7) is 6.39. The first kappa shape index (κ1) is 57.6. The van der Waals surface area contributed by atoms with Crippen LogP contribution in [0.2, 0.25) is 0 Å². The van der Waals surface area contributed by atoms with Gasteiger partial charge in [0.05, 0.1) is 0 Å². The third-order valence-corrected chi connectivity index (χ3v) is 10.4. The van der Waals surface area contributed by atoms with Gasteiger partial charge in [-0.2, -0.15) is 0 Å². The largest absolute Gasteiger partial charge is 0.462 e. The molecule has 0 aromatic rings. The third kappa shape index (κ3) is 47.5. The van der Waals surface area contributed by atoms with E-state index in [0.29, 0.717) is 19.3 Å². The van der Waals surface area contributed by atoms with Crippen molar-refractivity contribution in [2.75, 3.05) is 13.2 Å². The van der Waals surface area contributed by atoms with Crippen molar-refractivity contribution in [1.82, 2.24) is 0 Å². The third-order valence-electron chi connectivity index (χ3n) is 10.4. The second kappa shape index (κ2) is 49.2. The van der Waals surface area contributed by atoms with Gasteiger partial charge < -0.3 is 14.2 Å². The lowest BCUT2D eigenvalue weighted by molar-refractivity contribution is -0.167. The predicted octanol–water partition coefficient (Wildman–Crippen LogP) is 16.4. The fourth-order valence-electron chi connectivity index (χ4n) is 6.60. The first-order valence-electron chi connectivity index (χ1n) is 25.1. The Morgan fingerprint density at radius 3 is 1.05 bits per heavy atom. The van der Waals surface area contributed by atoms with Gasteiger partial charge in [0.2, 0.25) is 0 Å². The van der Waals surface area contributed by atoms with Crippen LogP contribution in [-0.4, -0.2) is 37.2 Å². The molecule has 0 heterocycles. The normalized spacial score (nSPS) is 12.8. The number of ether oxygens (including phenoxy) is 3. The van der Waals surface area contributed by atoms with Gasteiger partial charge in [0, 0.05) is 19.3 Å². The summed E-state index contributed by atoms with van der Waals surface area (Å²) in [7, 11) is 0. The van der Waals surface area contributed by atoms with E-state index in [-0.39, 0.29) is 31.1 Å². The highest BCUT2D eigenvalue weighted by molar-refractivity contribution is 5.71. The molecule has 0 saturated heterocycles. The first-order chi connectivity index (χ1) is 30.0. The number of allylic oxidation sites excluding steroid dienone is 14. The van der Waals surface area contributed by atoms with Gasteiger partial charge in [-0.05, 0) is 89.9 Å². The maximum atomic E-state index is 12.7. The predicted molar refractivity (Wildman–Crippen MR) is 261 cm³/mol. The Kier molecular flexibility index (Phi) is 46.5. The molecule has 0 aromatic heterocycles. The molecule has 0 amide bonds. The molecule has 0 aromatic carbocycles. The van der Waals surface area contributed by atoms with Crippen LogP contribution in [0.4, 0.5) is 0 Å². The molecule has 1 atom stereocenters. The average molecular weight is 849 g/mol. The minimum Gasteiger partial charge on any atom is -0.462 e. The monoisotopic (exact) mass is 849 g/mol. The zero-order valence-corrected chi connectivity index (χ0v) is 39.7. The lowest BCUT2D eigenvalue weighted by atomic mass is 10.1. The number of unbranched alkanes of at least 4 members (excludes halogenated alkanes) is 19. The second-order valence-electron chi connectivity index (χ2n) is 16.3. The Labute approximate surface area is 375 Å². The smallest absolute Gasteiger partial charge is 0.306 e. The molecule has 0 spiro atoms. The highest BCUT2D eigenvalue weighted by Gasteiger charge is 2.19. The molecule has 0 rings (SSSR count). The molecule has 6 heteroatoms. The summed E-state index contributed by atoms with van der Waals surface area (Å²) in [6, 6.07) is 0. The van der Waals surface area contributed by atoms with Gasteiger partial charge >= 0.3 is 17.9 Å². The highest BCUT2D eigenvalue weighted by Crippen LogP contribution is 2.13. The Hall–Kier alpha value is -3.41. The topological polar surface area (TPSA) is 78.9 Å². The standard InChI is InChI=1S/C55H92O6/c1-4-7-10-13-16-18-20-22-24-25-26-27-28-29-30-31-32-34-35-37-39-42-45-48-54(57)60-51-52(50-59-53(56)47-44-41-15-12-9-6-3)61-55(58)49-46-43-40-38-36-33-23-21-19-17-14-11-8-5-2/h7,10,14,16-18,21-24,26-27,29-30,52H,4-6,8-9,11-13,15,19-20,25,28,31-51H2,1-3H3/b10-7-,17-14-,18-16-,23-21-,24-22-,27-26-,30-29-. The van der Waals surface area contributed by atoms with E-state index >= 15 is 0 Å². The number of hydrogen-bond acceptors (Lipinski definition) is 6. The summed E-state index contributed by atoms with van der Waals surface area (Å²) in [6.07, 6.45) is 63.0. The van der Waals surface area contributed by atoms with Gasteiger partial charge in [-0.15, -0.1) is 0 Å². The van der Waals surface area contributed by atoms with Crippen molar-refractivity contribution in [2.45, 2.75) is 232 Å². The quantitative estimate of drug-likeness (QED) is 0.0263. The van der Waals surface area contributed by atoms with E-state index in [1.165, 1.54) is 64.2 Å². The van der Waals surface area contributed by atoms with E-state index in [9.17, 15) is 14.4 Å². The molecule has 0 N–H and O–H groups in total. The summed E-state index contributed by atoms with van der Waals surface area (Å²) < 4.78 is 16.7. The SMILES string of the molecule is CC/C=C\C/C=C\C/C=C\C/C=C\C/C=C\CCCCCCCCCC(=O)OCC(COC(=O)CCCCCCCC)OC(=O)CCCCCCC/C=C\C/C=C\CCCC. The van der Waals surface area contributed by atoms with Crippen molar-refractivity contribution in [3.63, 3.8) is 0 Å². The van der Waals surface area contributed by atoms with Crippen molar-refractivity contribution < 1.29 is 28.6 Å². The molecule has 0 fully saturated rings. The lowest BCUT2D eigenvalue weighted by Gasteiger charge is -2.18. The zero-order valence-electron chi connectivity index (χ0n) is 39.7. The summed E-state index contributed by atoms with van der Waals surface area (Å²) >= 11 is 0. The van der Waals surface area contributed by atoms with Crippen LogP contribution in [0.1, 0.15) is 226 Å². The molecule has 1 unspecified atom stereocenters. The molecule has 0 aliphatic rings. The second-order valence-corrected chi connectivity index (χ2v) is 16.3. The lowest BCUT2D eigenvalue weighted by Crippen LogP contribution is -2.30. The number of carbonyl (C=O) groups excluding carboxylic acids is 3. The molecule has 61 heavy (non-hydrogen) atoms. The molecule has 0 saturated carbocycles. The molecular weight excluding hydrogens is 757 g/mol. The van der Waals surface area contributed by atoms with Crippen molar-refractivity contribution in [3.05, 3.63) is 85.1 Å². The molecule has 6 nitrogen and oxygen atoms in total. The fourth-order valence-corrected chi connectivity index (χ4v) is 6.60. The Bertz CT molecular complexity index is 1200. The van der Waals surface area contributed by atoms with Crippen molar-refractivity contribution in [1.29, 1.82) is 0 Å². The van der Waals surface area contributed by atoms with Gasteiger partial charge in [-0.1, -0.05) is 202 Å². The van der Waals surface area contributed by atoms with Crippen molar-refractivity contribution in [3.8, 4) is 0 Å². The number of rotatable bonds is 44. The first-order valence-corrected chi connectivity index (χ1v) is 25.1. The average Bonchev–Trinajstić information content (AvgIpc) is 3.26. The van der Waals surface area contributed by atoms with Crippen LogP contribution in [0.15, 0.2) is 85.1 Å². The maximum Gasteiger partial charge on any atom is 0.306 e. The van der Waals surface area contributed by atoms with Gasteiger partial charge in [0.1, 0.15) is 13.2 Å². The van der Waals surface area contributed by atoms with E-state index in [0.717, 1.165) is 122 Å². The van der Waals surface area contributed by atoms with Gasteiger partial charge in [-0.25, -0.2) is 0 Å². The molecule has 0 radical (unpaired) electrons. The van der Waals surface area contributed by atoms with Crippen molar-refractivity contribution in [2.24, 2.45) is 0 Å². The van der Waals surface area contributed by atoms with Crippen LogP contribution < -0.4 is 0 Å². The molecule has 0 aliphatic carbocycles. The van der Waals surface area contributed by atoms with Crippen LogP contribution in [0.5, 0.6) is 0 Å². The highest BCUT2D eigenvalue weighted by atomic mass is 16.6. The maximum absolute atomic E-state index is 12.7. The van der Waals surface area contributed by atoms with Crippen LogP contribution in [0.25, 0.3) is 0 Å². The Morgan fingerprint density at radius 1 is 0.344 bits per heavy atom. The molecule has 0 aliphatic heterocycles. The summed E-state index contributed by atoms with van der Waals surface area (Å²) in [5.74, 6) is -0.925. The van der Waals surface area contributed by atoms with Crippen LogP contribution >= 0.6 is 0 Å². The Morgan fingerprint density at radius 2 is 0.656 bits per heavy atom. The van der Waals surface area contributed by atoms with Gasteiger partial charge in [0.25, 0.3) is 0 Å². The summed E-state index contributed by atoms with van der Waals surface area (Å²) in [5, 5.41) is 0. The number of hydrogen-bond donors (Lipinski definition) is 0. The minimum absolute atomic E-state index is 0.0865. The summed E-state index contributed by atoms with van der Waals surface area (Å²) in [4.78, 5) is 37.7. The fraction of sp³-hybridized carbons (Fsp3) is 0.691. The van der Waals surface area contributed by atoms with E-state index in [2.05, 4.69) is 106 Å². The van der Waals surface area contributed by atoms with Crippen LogP contribution in [0.3, 0.4) is 0 Å². The minimum atomic E-state index is -0.784. The molecular formula is C55H92O6. The van der Waals surface area contributed by atoms with Crippen LogP contribution in [-0.2, 0) is 28.6 Å². The van der Waals surface area contributed by atoms with Gasteiger partial charge in [0.15, 0.2) is 6.10 Å². The molecule has 348 valence electrons. The number of esters is 3. The summed E-state index contributed by atoms with van der Waals surface area (Å²) in [5.41, 5.74) is 0. The van der Waals surface area contributed by atoms with E-state index < -0.39 is 6.10 Å². The van der Waals surface area contributed by atoms with Crippen LogP contribution in [0, 0.1) is 0 Å².